The summed E-state index contributed by atoms with van der Waals surface area (Å²) in [5.74, 6) is 6.93. The maximum Gasteiger partial charge on any atom is 0.303 e. The number of carboxylic acid groups (broad SMARTS) is 1. The highest BCUT2D eigenvalue weighted by Crippen LogP contribution is 2.74. The maximum atomic E-state index is 10.6. The number of hydrogen-bond donors (Lipinski definition) is 1. The maximum absolute atomic E-state index is 10.6. The number of aliphatic carboxylic acids is 1. The standard InChI is InChI=1S/C16H24O2/c17-14(18)3-1-2-9-4-5-12-13(8-9)16-11-7-6-10(11)15(12)16/h9-13,15-16H,1-8H2,(H,17,18). The van der Waals surface area contributed by atoms with Gasteiger partial charge in [0, 0.05) is 6.42 Å². The lowest BCUT2D eigenvalue weighted by Gasteiger charge is -2.74. The second-order valence-corrected chi connectivity index (χ2v) is 7.35. The minimum Gasteiger partial charge on any atom is -0.481 e. The van der Waals surface area contributed by atoms with Gasteiger partial charge in [0.2, 0.25) is 0 Å². The molecule has 4 saturated carbocycles. The van der Waals surface area contributed by atoms with Crippen molar-refractivity contribution >= 4 is 5.97 Å². The highest BCUT2D eigenvalue weighted by molar-refractivity contribution is 5.66. The lowest BCUT2D eigenvalue weighted by atomic mass is 9.30. The van der Waals surface area contributed by atoms with Crippen molar-refractivity contribution < 1.29 is 9.90 Å². The van der Waals surface area contributed by atoms with Crippen molar-refractivity contribution in [3.05, 3.63) is 0 Å². The van der Waals surface area contributed by atoms with Crippen molar-refractivity contribution in [2.24, 2.45) is 41.4 Å². The lowest BCUT2D eigenvalue weighted by molar-refractivity contribution is -0.264. The summed E-state index contributed by atoms with van der Waals surface area (Å²) in [4.78, 5) is 10.6. The van der Waals surface area contributed by atoms with Gasteiger partial charge in [0.1, 0.15) is 0 Å². The highest BCUT2D eigenvalue weighted by Gasteiger charge is 2.68. The van der Waals surface area contributed by atoms with E-state index in [2.05, 4.69) is 0 Å². The minimum atomic E-state index is -0.622. The van der Waals surface area contributed by atoms with Crippen LogP contribution in [0.15, 0.2) is 0 Å². The molecule has 4 rings (SSSR count). The summed E-state index contributed by atoms with van der Waals surface area (Å²) in [7, 11) is 0. The summed E-state index contributed by atoms with van der Waals surface area (Å²) in [6.45, 7) is 0. The Balaban J connectivity index is 1.29. The quantitative estimate of drug-likeness (QED) is 0.826. The van der Waals surface area contributed by atoms with Crippen LogP contribution in [-0.2, 0) is 4.79 Å². The molecule has 0 bridgehead atoms. The Morgan fingerprint density at radius 1 is 0.944 bits per heavy atom. The first-order valence-corrected chi connectivity index (χ1v) is 7.97. The molecule has 4 aliphatic carbocycles. The predicted octanol–water partition coefficient (Wildman–Crippen LogP) is 3.56. The summed E-state index contributed by atoms with van der Waals surface area (Å²) < 4.78 is 0. The Bertz CT molecular complexity index is 358. The zero-order valence-corrected chi connectivity index (χ0v) is 11.1. The molecule has 0 aromatic carbocycles. The van der Waals surface area contributed by atoms with Crippen molar-refractivity contribution in [1.29, 1.82) is 0 Å². The van der Waals surface area contributed by atoms with E-state index in [9.17, 15) is 4.79 Å². The van der Waals surface area contributed by atoms with Crippen LogP contribution in [-0.4, -0.2) is 11.1 Å². The van der Waals surface area contributed by atoms with Crippen LogP contribution < -0.4 is 0 Å². The van der Waals surface area contributed by atoms with Crippen LogP contribution in [0, 0.1) is 41.4 Å². The Kier molecular flexibility index (Phi) is 2.50. The Morgan fingerprint density at radius 3 is 2.22 bits per heavy atom. The van der Waals surface area contributed by atoms with Crippen molar-refractivity contribution in [2.45, 2.75) is 51.4 Å². The molecule has 2 heteroatoms. The second-order valence-electron chi connectivity index (χ2n) is 7.35. The molecule has 0 spiro atoms. The van der Waals surface area contributed by atoms with Gasteiger partial charge in [0.25, 0.3) is 0 Å². The molecule has 18 heavy (non-hydrogen) atoms. The molecule has 0 aromatic heterocycles. The van der Waals surface area contributed by atoms with Gasteiger partial charge in [-0.3, -0.25) is 4.79 Å². The molecule has 0 radical (unpaired) electrons. The fourth-order valence-electron chi connectivity index (χ4n) is 6.04. The van der Waals surface area contributed by atoms with Gasteiger partial charge in [-0.15, -0.1) is 0 Å². The topological polar surface area (TPSA) is 37.3 Å². The first kappa shape index (κ1) is 11.3. The molecule has 0 aliphatic heterocycles. The van der Waals surface area contributed by atoms with E-state index in [0.717, 1.165) is 47.8 Å². The predicted molar refractivity (Wildman–Crippen MR) is 69.0 cm³/mol. The molecule has 2 nitrogen and oxygen atoms in total. The fourth-order valence-corrected chi connectivity index (χ4v) is 6.04. The Labute approximate surface area is 109 Å². The van der Waals surface area contributed by atoms with Crippen LogP contribution in [0.4, 0.5) is 0 Å². The van der Waals surface area contributed by atoms with E-state index in [1.165, 1.54) is 38.5 Å². The molecular weight excluding hydrogens is 224 g/mol. The third-order valence-electron chi connectivity index (χ3n) is 6.87. The number of carboxylic acids is 1. The van der Waals surface area contributed by atoms with Crippen molar-refractivity contribution in [3.63, 3.8) is 0 Å². The molecule has 0 aromatic rings. The second kappa shape index (κ2) is 3.98. The number of fused-ring (bicyclic) bond motifs is 7. The van der Waals surface area contributed by atoms with Gasteiger partial charge < -0.3 is 5.11 Å². The molecule has 7 unspecified atom stereocenters. The molecule has 0 amide bonds. The molecule has 100 valence electrons. The molecule has 7 atom stereocenters. The van der Waals surface area contributed by atoms with Gasteiger partial charge in [0.05, 0.1) is 0 Å². The van der Waals surface area contributed by atoms with Crippen LogP contribution >= 0.6 is 0 Å². The van der Waals surface area contributed by atoms with Crippen LogP contribution in [0.5, 0.6) is 0 Å². The van der Waals surface area contributed by atoms with Crippen molar-refractivity contribution in [2.75, 3.05) is 0 Å². The van der Waals surface area contributed by atoms with Gasteiger partial charge in [-0.25, -0.2) is 0 Å². The van der Waals surface area contributed by atoms with E-state index in [-0.39, 0.29) is 0 Å². The van der Waals surface area contributed by atoms with Crippen molar-refractivity contribution in [3.8, 4) is 0 Å². The summed E-state index contributed by atoms with van der Waals surface area (Å²) in [6, 6.07) is 0. The zero-order chi connectivity index (χ0) is 12.3. The first-order valence-electron chi connectivity index (χ1n) is 7.97. The highest BCUT2D eigenvalue weighted by atomic mass is 16.4. The molecule has 4 aliphatic rings. The van der Waals surface area contributed by atoms with Crippen molar-refractivity contribution in [1.82, 2.24) is 0 Å². The van der Waals surface area contributed by atoms with Gasteiger partial charge in [-0.2, -0.15) is 0 Å². The molecule has 0 heterocycles. The average Bonchev–Trinajstić information content (AvgIpc) is 2.31. The fraction of sp³-hybridized carbons (Fsp3) is 0.938. The zero-order valence-electron chi connectivity index (χ0n) is 11.1. The normalized spacial score (nSPS) is 51.9. The summed E-state index contributed by atoms with van der Waals surface area (Å²) in [5, 5.41) is 8.71. The van der Waals surface area contributed by atoms with Crippen LogP contribution in [0.25, 0.3) is 0 Å². The lowest BCUT2D eigenvalue weighted by Crippen LogP contribution is -2.69. The number of hydrogen-bond acceptors (Lipinski definition) is 1. The number of carbonyl (C=O) groups is 1. The summed E-state index contributed by atoms with van der Waals surface area (Å²) >= 11 is 0. The first-order chi connectivity index (χ1) is 8.75. The largest absolute Gasteiger partial charge is 0.481 e. The summed E-state index contributed by atoms with van der Waals surface area (Å²) in [5.41, 5.74) is 0. The van der Waals surface area contributed by atoms with Crippen LogP contribution in [0.3, 0.4) is 0 Å². The van der Waals surface area contributed by atoms with Gasteiger partial charge in [-0.1, -0.05) is 6.42 Å². The van der Waals surface area contributed by atoms with E-state index >= 15 is 0 Å². The average molecular weight is 248 g/mol. The van der Waals surface area contributed by atoms with E-state index in [4.69, 9.17) is 5.11 Å². The monoisotopic (exact) mass is 248 g/mol. The smallest absolute Gasteiger partial charge is 0.303 e. The summed E-state index contributed by atoms with van der Waals surface area (Å²) in [6.07, 6.45) is 9.80. The van der Waals surface area contributed by atoms with Crippen LogP contribution in [0.2, 0.25) is 0 Å². The van der Waals surface area contributed by atoms with E-state index < -0.39 is 5.97 Å². The van der Waals surface area contributed by atoms with E-state index in [0.29, 0.717) is 6.42 Å². The molecule has 4 fully saturated rings. The van der Waals surface area contributed by atoms with Gasteiger partial charge in [0.15, 0.2) is 0 Å². The Morgan fingerprint density at radius 2 is 1.56 bits per heavy atom. The SMILES string of the molecule is O=C(O)CCCC1CCC2C(C1)C1C3CCC3C21. The van der Waals surface area contributed by atoms with Gasteiger partial charge >= 0.3 is 5.97 Å². The van der Waals surface area contributed by atoms with E-state index in [1.807, 2.05) is 0 Å². The third-order valence-corrected chi connectivity index (χ3v) is 6.87. The molecule has 0 saturated heterocycles. The third kappa shape index (κ3) is 1.44. The van der Waals surface area contributed by atoms with Crippen LogP contribution in [0.1, 0.15) is 51.4 Å². The molecular formula is C16H24O2. The Hall–Kier alpha value is -0.530. The van der Waals surface area contributed by atoms with Gasteiger partial charge in [-0.05, 0) is 80.0 Å². The minimum absolute atomic E-state index is 0.376. The molecule has 1 N–H and O–H groups in total. The van der Waals surface area contributed by atoms with E-state index in [1.54, 1.807) is 0 Å². The number of rotatable bonds is 4.